The first-order valence-electron chi connectivity index (χ1n) is 13.7. The highest BCUT2D eigenvalue weighted by Gasteiger charge is 2.34. The van der Waals surface area contributed by atoms with Gasteiger partial charge in [0.25, 0.3) is 10.0 Å². The normalized spacial score (nSPS) is 11.9. The van der Waals surface area contributed by atoms with E-state index < -0.39 is 28.5 Å². The van der Waals surface area contributed by atoms with E-state index >= 15 is 0 Å². The van der Waals surface area contributed by atoms with E-state index in [1.165, 1.54) is 30.2 Å². The number of benzene rings is 3. The molecule has 1 atom stereocenters. The number of nitrogens with zero attached hydrogens (tertiary/aromatic N) is 2. The van der Waals surface area contributed by atoms with Crippen molar-refractivity contribution in [3.63, 3.8) is 0 Å². The Hall–Kier alpha value is -3.56. The van der Waals surface area contributed by atoms with Gasteiger partial charge in [0, 0.05) is 13.1 Å². The summed E-state index contributed by atoms with van der Waals surface area (Å²) in [5.74, 6) is -0.417. The van der Waals surface area contributed by atoms with E-state index in [4.69, 9.17) is 16.3 Å². The predicted molar refractivity (Wildman–Crippen MR) is 163 cm³/mol. The Kier molecular flexibility index (Phi) is 11.6. The molecule has 220 valence electrons. The lowest BCUT2D eigenvalue weighted by atomic mass is 10.1. The maximum Gasteiger partial charge on any atom is 0.264 e. The lowest BCUT2D eigenvalue weighted by Gasteiger charge is -2.33. The van der Waals surface area contributed by atoms with Crippen LogP contribution in [0.4, 0.5) is 5.69 Å². The van der Waals surface area contributed by atoms with Crippen molar-refractivity contribution >= 4 is 39.1 Å². The van der Waals surface area contributed by atoms with E-state index in [9.17, 15) is 18.0 Å². The second kappa shape index (κ2) is 14.9. The molecule has 41 heavy (non-hydrogen) atoms. The molecule has 0 aliphatic rings. The van der Waals surface area contributed by atoms with E-state index in [2.05, 4.69) is 5.32 Å². The predicted octanol–water partition coefficient (Wildman–Crippen LogP) is 5.58. The quantitative estimate of drug-likeness (QED) is 0.244. The maximum atomic E-state index is 14.1. The van der Waals surface area contributed by atoms with Gasteiger partial charge in [0.15, 0.2) is 0 Å². The Balaban J connectivity index is 2.07. The fourth-order valence-electron chi connectivity index (χ4n) is 4.46. The maximum absolute atomic E-state index is 14.1. The number of ether oxygens (including phenoxy) is 1. The first-order chi connectivity index (χ1) is 19.6. The van der Waals surface area contributed by atoms with Crippen LogP contribution < -0.4 is 14.4 Å². The van der Waals surface area contributed by atoms with Gasteiger partial charge in [-0.15, -0.1) is 0 Å². The average molecular weight is 600 g/mol. The van der Waals surface area contributed by atoms with Gasteiger partial charge in [0.2, 0.25) is 11.8 Å². The van der Waals surface area contributed by atoms with Gasteiger partial charge in [-0.3, -0.25) is 13.9 Å². The van der Waals surface area contributed by atoms with Crippen molar-refractivity contribution in [3.8, 4) is 5.75 Å². The van der Waals surface area contributed by atoms with Crippen molar-refractivity contribution in [2.45, 2.75) is 57.5 Å². The molecular weight excluding hydrogens is 562 g/mol. The molecule has 0 heterocycles. The zero-order chi connectivity index (χ0) is 30.0. The van der Waals surface area contributed by atoms with Crippen molar-refractivity contribution in [2.24, 2.45) is 0 Å². The first kappa shape index (κ1) is 32.0. The van der Waals surface area contributed by atoms with E-state index in [1.54, 1.807) is 30.3 Å². The molecule has 0 spiro atoms. The molecule has 2 amide bonds. The molecule has 0 aliphatic heterocycles. The van der Waals surface area contributed by atoms with Gasteiger partial charge < -0.3 is 15.0 Å². The van der Waals surface area contributed by atoms with Gasteiger partial charge in [-0.1, -0.05) is 74.3 Å². The van der Waals surface area contributed by atoms with Gasteiger partial charge in [0.1, 0.15) is 18.3 Å². The second-order valence-electron chi connectivity index (χ2n) is 9.66. The van der Waals surface area contributed by atoms with Crippen LogP contribution in [0.5, 0.6) is 5.75 Å². The van der Waals surface area contributed by atoms with Crippen molar-refractivity contribution in [3.05, 3.63) is 88.9 Å². The fraction of sp³-hybridized carbons (Fsp3) is 0.355. The van der Waals surface area contributed by atoms with Gasteiger partial charge >= 0.3 is 0 Å². The van der Waals surface area contributed by atoms with Crippen LogP contribution in [0.1, 0.15) is 44.2 Å². The number of sulfonamides is 1. The average Bonchev–Trinajstić information content (AvgIpc) is 2.97. The minimum Gasteiger partial charge on any atom is -0.495 e. The summed E-state index contributed by atoms with van der Waals surface area (Å²) in [6, 6.07) is 19.3. The Morgan fingerprint density at radius 2 is 1.68 bits per heavy atom. The largest absolute Gasteiger partial charge is 0.495 e. The molecule has 0 fully saturated rings. The smallest absolute Gasteiger partial charge is 0.264 e. The molecule has 0 radical (unpaired) electrons. The number of rotatable bonds is 14. The monoisotopic (exact) mass is 599 g/mol. The lowest BCUT2D eigenvalue weighted by Crippen LogP contribution is -2.52. The zero-order valence-corrected chi connectivity index (χ0v) is 25.5. The summed E-state index contributed by atoms with van der Waals surface area (Å²) in [5.41, 5.74) is 2.03. The molecule has 0 unspecified atom stereocenters. The van der Waals surface area contributed by atoms with Crippen molar-refractivity contribution in [1.29, 1.82) is 0 Å². The number of nitrogens with one attached hydrogen (secondary N) is 1. The number of hydrogen-bond donors (Lipinski definition) is 1. The van der Waals surface area contributed by atoms with E-state index in [1.807, 2.05) is 45.0 Å². The number of halogens is 1. The third-order valence-electron chi connectivity index (χ3n) is 6.85. The summed E-state index contributed by atoms with van der Waals surface area (Å²) in [6.45, 7) is 5.91. The molecule has 0 saturated carbocycles. The number of unbranched alkanes of at least 4 members (excludes halogenated alkanes) is 1. The summed E-state index contributed by atoms with van der Waals surface area (Å²) < 4.78 is 34.1. The van der Waals surface area contributed by atoms with Crippen molar-refractivity contribution < 1.29 is 22.7 Å². The highest BCUT2D eigenvalue weighted by atomic mass is 35.5. The summed E-state index contributed by atoms with van der Waals surface area (Å²) >= 11 is 6.37. The van der Waals surface area contributed by atoms with Gasteiger partial charge in [-0.05, 0) is 61.2 Å². The Morgan fingerprint density at radius 1 is 1.00 bits per heavy atom. The molecular formula is C31H38ClN3O5S. The van der Waals surface area contributed by atoms with E-state index in [0.29, 0.717) is 18.7 Å². The minimum atomic E-state index is -4.18. The first-order valence-corrected chi connectivity index (χ1v) is 15.5. The standard InChI is InChI=1S/C31H38ClN3O5S/c1-5-7-19-33-31(37)28(6-2)34(21-24-14-12-11-13-23(24)3)30(36)22-35(25-17-18-29(40-4)27(32)20-25)41(38,39)26-15-9-8-10-16-26/h8-18,20,28H,5-7,19,21-22H2,1-4H3,(H,33,37)/t28-/m0/s1. The lowest BCUT2D eigenvalue weighted by molar-refractivity contribution is -0.140. The number of aryl methyl sites for hydroxylation is 1. The molecule has 0 aliphatic carbocycles. The Bertz CT molecular complexity index is 1430. The molecule has 8 nitrogen and oxygen atoms in total. The number of amides is 2. The third kappa shape index (κ3) is 8.01. The Labute approximate surface area is 248 Å². The van der Waals surface area contributed by atoms with Gasteiger partial charge in [0.05, 0.1) is 22.7 Å². The number of carbonyl (C=O) groups excluding carboxylic acids is 2. The molecule has 10 heteroatoms. The number of hydrogen-bond acceptors (Lipinski definition) is 5. The van der Waals surface area contributed by atoms with Crippen molar-refractivity contribution in [1.82, 2.24) is 10.2 Å². The highest BCUT2D eigenvalue weighted by Crippen LogP contribution is 2.32. The van der Waals surface area contributed by atoms with E-state index in [0.717, 1.165) is 28.3 Å². The van der Waals surface area contributed by atoms with Crippen LogP contribution in [0.25, 0.3) is 0 Å². The van der Waals surface area contributed by atoms with Crippen LogP contribution in [0.2, 0.25) is 5.02 Å². The van der Waals surface area contributed by atoms with Crippen molar-refractivity contribution in [2.75, 3.05) is 24.5 Å². The van der Waals surface area contributed by atoms with E-state index in [-0.39, 0.29) is 28.1 Å². The summed E-state index contributed by atoms with van der Waals surface area (Å²) in [7, 11) is -2.72. The zero-order valence-electron chi connectivity index (χ0n) is 24.0. The molecule has 0 aromatic heterocycles. The van der Waals surface area contributed by atoms with Gasteiger partial charge in [-0.25, -0.2) is 8.42 Å². The number of carbonyl (C=O) groups is 2. The summed E-state index contributed by atoms with van der Waals surface area (Å²) in [4.78, 5) is 28.9. The topological polar surface area (TPSA) is 96.0 Å². The summed E-state index contributed by atoms with van der Waals surface area (Å²) in [6.07, 6.45) is 2.09. The van der Waals surface area contributed by atoms with Crippen LogP contribution in [0.3, 0.4) is 0 Å². The van der Waals surface area contributed by atoms with Crippen LogP contribution in [0, 0.1) is 6.92 Å². The Morgan fingerprint density at radius 3 is 2.29 bits per heavy atom. The van der Waals surface area contributed by atoms with Gasteiger partial charge in [-0.2, -0.15) is 0 Å². The molecule has 3 rings (SSSR count). The summed E-state index contributed by atoms with van der Waals surface area (Å²) in [5, 5.41) is 3.13. The highest BCUT2D eigenvalue weighted by molar-refractivity contribution is 7.92. The van der Waals surface area contributed by atoms with Crippen LogP contribution in [0.15, 0.2) is 77.7 Å². The number of anilines is 1. The van der Waals surface area contributed by atoms with Crippen LogP contribution >= 0.6 is 11.6 Å². The SMILES string of the molecule is CCCCNC(=O)[C@H](CC)N(Cc1ccccc1C)C(=O)CN(c1ccc(OC)c(Cl)c1)S(=O)(=O)c1ccccc1. The molecule has 0 saturated heterocycles. The molecule has 3 aromatic rings. The van der Waals surface area contributed by atoms with Crippen LogP contribution in [-0.4, -0.2) is 51.4 Å². The second-order valence-corrected chi connectivity index (χ2v) is 11.9. The minimum absolute atomic E-state index is 0.0227. The fourth-order valence-corrected chi connectivity index (χ4v) is 6.13. The molecule has 3 aromatic carbocycles. The molecule has 0 bridgehead atoms. The van der Waals surface area contributed by atoms with Crippen LogP contribution in [-0.2, 0) is 26.2 Å². The third-order valence-corrected chi connectivity index (χ3v) is 8.93. The number of methoxy groups -OCH3 is 1. The molecule has 1 N–H and O–H groups in total.